The van der Waals surface area contributed by atoms with Crippen molar-refractivity contribution >= 4 is 23.5 Å². The van der Waals surface area contributed by atoms with Crippen LogP contribution in [0.3, 0.4) is 0 Å². The van der Waals surface area contributed by atoms with Gasteiger partial charge in [-0.1, -0.05) is 0 Å². The molecule has 19 heavy (non-hydrogen) atoms. The molecule has 100 valence electrons. The van der Waals surface area contributed by atoms with Crippen LogP contribution in [0.2, 0.25) is 0 Å². The van der Waals surface area contributed by atoms with Gasteiger partial charge in [-0.05, 0) is 31.2 Å². The number of nitrogens with zero attached hydrogens (tertiary/aromatic N) is 1. The highest BCUT2D eigenvalue weighted by atomic mass is 16.5. The normalized spacial score (nSPS) is 15.1. The number of benzene rings is 1. The van der Waals surface area contributed by atoms with Gasteiger partial charge in [0, 0.05) is 5.69 Å². The molecule has 0 spiro atoms. The monoisotopic (exact) mass is 262 g/mol. The molecule has 1 aromatic carbocycles. The topological polar surface area (TPSA) is 75.7 Å². The Morgan fingerprint density at radius 1 is 1.21 bits per heavy atom. The summed E-state index contributed by atoms with van der Waals surface area (Å²) in [7, 11) is 0. The highest BCUT2D eigenvalue weighted by molar-refractivity contribution is 6.02. The van der Waals surface area contributed by atoms with E-state index in [1.54, 1.807) is 36.1 Å². The quantitative estimate of drug-likeness (QED) is 0.627. The van der Waals surface area contributed by atoms with Crippen LogP contribution < -0.4 is 10.2 Å². The highest BCUT2D eigenvalue weighted by Crippen LogP contribution is 2.16. The zero-order valence-corrected chi connectivity index (χ0v) is 10.5. The molecule has 6 heteroatoms. The van der Waals surface area contributed by atoms with Crippen LogP contribution in [0.4, 0.5) is 5.69 Å². The molecule has 1 aliphatic rings. The standard InChI is InChI=1S/C13H14N2O4/c1-2-19-13(18)9-3-5-10(6-4-9)15-7-11(16)14-12(17)8-15/h3-6H,2,7-8H2,1H3,(H,14,16,17). The van der Waals surface area contributed by atoms with Crippen LogP contribution in [0.1, 0.15) is 17.3 Å². The molecule has 1 fully saturated rings. The van der Waals surface area contributed by atoms with Crippen LogP contribution in [0, 0.1) is 0 Å². The van der Waals surface area contributed by atoms with Gasteiger partial charge in [0.2, 0.25) is 11.8 Å². The molecule has 1 heterocycles. The summed E-state index contributed by atoms with van der Waals surface area (Å²) in [6.45, 7) is 2.32. The number of amides is 2. The number of carbonyl (C=O) groups excluding carboxylic acids is 3. The van der Waals surface area contributed by atoms with Gasteiger partial charge in [0.15, 0.2) is 0 Å². The zero-order valence-electron chi connectivity index (χ0n) is 10.5. The van der Waals surface area contributed by atoms with Crippen molar-refractivity contribution < 1.29 is 19.1 Å². The van der Waals surface area contributed by atoms with Gasteiger partial charge < -0.3 is 9.64 Å². The van der Waals surface area contributed by atoms with Gasteiger partial charge in [0.05, 0.1) is 25.3 Å². The lowest BCUT2D eigenvalue weighted by Gasteiger charge is -2.27. The van der Waals surface area contributed by atoms with Crippen molar-refractivity contribution in [3.8, 4) is 0 Å². The van der Waals surface area contributed by atoms with Crippen molar-refractivity contribution in [2.75, 3.05) is 24.6 Å². The summed E-state index contributed by atoms with van der Waals surface area (Å²) in [6, 6.07) is 6.62. The number of hydrogen-bond donors (Lipinski definition) is 1. The van der Waals surface area contributed by atoms with Gasteiger partial charge in [0.1, 0.15) is 0 Å². The fourth-order valence-corrected chi connectivity index (χ4v) is 1.84. The smallest absolute Gasteiger partial charge is 0.338 e. The third-order valence-corrected chi connectivity index (χ3v) is 2.69. The van der Waals surface area contributed by atoms with Crippen LogP contribution in [0.15, 0.2) is 24.3 Å². The maximum Gasteiger partial charge on any atom is 0.338 e. The fourth-order valence-electron chi connectivity index (χ4n) is 1.84. The van der Waals surface area contributed by atoms with E-state index in [2.05, 4.69) is 5.32 Å². The number of nitrogens with one attached hydrogen (secondary N) is 1. The Morgan fingerprint density at radius 3 is 2.32 bits per heavy atom. The summed E-state index contributed by atoms with van der Waals surface area (Å²) in [5.41, 5.74) is 1.16. The van der Waals surface area contributed by atoms with Gasteiger partial charge in [-0.15, -0.1) is 0 Å². The minimum absolute atomic E-state index is 0.129. The van der Waals surface area contributed by atoms with Gasteiger partial charge in [-0.25, -0.2) is 4.79 Å². The summed E-state index contributed by atoms with van der Waals surface area (Å²) in [5, 5.41) is 2.23. The lowest BCUT2D eigenvalue weighted by atomic mass is 10.2. The maximum atomic E-state index is 11.5. The van der Waals surface area contributed by atoms with Crippen LogP contribution in [0.25, 0.3) is 0 Å². The first-order chi connectivity index (χ1) is 9.10. The molecule has 1 aromatic rings. The number of imide groups is 1. The Bertz CT molecular complexity index is 494. The summed E-state index contributed by atoms with van der Waals surface area (Å²) in [5.74, 6) is -1.04. The van der Waals surface area contributed by atoms with E-state index in [1.165, 1.54) is 0 Å². The van der Waals surface area contributed by atoms with Crippen LogP contribution >= 0.6 is 0 Å². The molecule has 0 unspecified atom stereocenters. The number of anilines is 1. The minimum Gasteiger partial charge on any atom is -0.462 e. The van der Waals surface area contributed by atoms with Crippen molar-refractivity contribution in [1.82, 2.24) is 5.32 Å². The molecule has 6 nitrogen and oxygen atoms in total. The average molecular weight is 262 g/mol. The summed E-state index contributed by atoms with van der Waals surface area (Å²) in [4.78, 5) is 35.7. The van der Waals surface area contributed by atoms with E-state index in [0.29, 0.717) is 12.2 Å². The molecular weight excluding hydrogens is 248 g/mol. The third-order valence-electron chi connectivity index (χ3n) is 2.69. The second-order valence-electron chi connectivity index (χ2n) is 4.09. The molecular formula is C13H14N2O4. The molecule has 0 radical (unpaired) electrons. The molecule has 0 aliphatic carbocycles. The summed E-state index contributed by atoms with van der Waals surface area (Å²) in [6.07, 6.45) is 0. The Balaban J connectivity index is 2.11. The number of hydrogen-bond acceptors (Lipinski definition) is 5. The van der Waals surface area contributed by atoms with Gasteiger partial charge in [-0.3, -0.25) is 14.9 Å². The predicted octanol–water partition coefficient (Wildman–Crippen LogP) is 0.326. The lowest BCUT2D eigenvalue weighted by molar-refractivity contribution is -0.130. The summed E-state index contributed by atoms with van der Waals surface area (Å²) >= 11 is 0. The largest absolute Gasteiger partial charge is 0.462 e. The number of ether oxygens (including phenoxy) is 1. The first-order valence-electron chi connectivity index (χ1n) is 5.95. The van der Waals surface area contributed by atoms with Crippen LogP contribution in [-0.4, -0.2) is 37.5 Å². The third kappa shape index (κ3) is 3.09. The first kappa shape index (κ1) is 13.1. The Morgan fingerprint density at radius 2 is 1.79 bits per heavy atom. The molecule has 1 aliphatic heterocycles. The van der Waals surface area contributed by atoms with E-state index in [0.717, 1.165) is 5.69 Å². The molecule has 0 saturated carbocycles. The number of piperazine rings is 1. The second-order valence-corrected chi connectivity index (χ2v) is 4.09. The van der Waals surface area contributed by atoms with Crippen molar-refractivity contribution in [3.63, 3.8) is 0 Å². The first-order valence-corrected chi connectivity index (χ1v) is 5.95. The number of rotatable bonds is 3. The van der Waals surface area contributed by atoms with Gasteiger partial charge in [0.25, 0.3) is 0 Å². The van der Waals surface area contributed by atoms with Crippen molar-refractivity contribution in [1.29, 1.82) is 0 Å². The number of esters is 1. The number of carbonyl (C=O) groups is 3. The van der Waals surface area contributed by atoms with E-state index in [9.17, 15) is 14.4 Å². The van der Waals surface area contributed by atoms with E-state index in [4.69, 9.17) is 4.74 Å². The van der Waals surface area contributed by atoms with E-state index in [1.807, 2.05) is 0 Å². The van der Waals surface area contributed by atoms with E-state index < -0.39 is 0 Å². The molecule has 0 atom stereocenters. The van der Waals surface area contributed by atoms with Gasteiger partial charge in [-0.2, -0.15) is 0 Å². The molecule has 2 rings (SSSR count). The Hall–Kier alpha value is -2.37. The molecule has 0 aromatic heterocycles. The average Bonchev–Trinajstić information content (AvgIpc) is 2.38. The Kier molecular flexibility index (Phi) is 3.79. The Labute approximate surface area is 110 Å². The molecule has 1 saturated heterocycles. The van der Waals surface area contributed by atoms with Crippen molar-refractivity contribution in [2.45, 2.75) is 6.92 Å². The van der Waals surface area contributed by atoms with Crippen LogP contribution in [-0.2, 0) is 14.3 Å². The fraction of sp³-hybridized carbons (Fsp3) is 0.308. The lowest BCUT2D eigenvalue weighted by Crippen LogP contribution is -2.51. The SMILES string of the molecule is CCOC(=O)c1ccc(N2CC(=O)NC(=O)C2)cc1. The van der Waals surface area contributed by atoms with E-state index in [-0.39, 0.29) is 30.9 Å². The summed E-state index contributed by atoms with van der Waals surface area (Å²) < 4.78 is 4.88. The highest BCUT2D eigenvalue weighted by Gasteiger charge is 2.22. The predicted molar refractivity (Wildman–Crippen MR) is 67.8 cm³/mol. The van der Waals surface area contributed by atoms with Crippen LogP contribution in [0.5, 0.6) is 0 Å². The zero-order chi connectivity index (χ0) is 13.8. The minimum atomic E-state index is -0.387. The molecule has 2 amide bonds. The van der Waals surface area contributed by atoms with Crippen molar-refractivity contribution in [3.05, 3.63) is 29.8 Å². The molecule has 0 bridgehead atoms. The van der Waals surface area contributed by atoms with Crippen molar-refractivity contribution in [2.24, 2.45) is 0 Å². The second kappa shape index (κ2) is 5.51. The molecule has 1 N–H and O–H groups in total. The van der Waals surface area contributed by atoms with Gasteiger partial charge >= 0.3 is 5.97 Å². The maximum absolute atomic E-state index is 11.5. The van der Waals surface area contributed by atoms with E-state index >= 15 is 0 Å².